The van der Waals surface area contributed by atoms with Gasteiger partial charge in [-0.2, -0.15) is 0 Å². The minimum Gasteiger partial charge on any atom is -0.316 e. The van der Waals surface area contributed by atoms with Gasteiger partial charge in [-0.25, -0.2) is 0 Å². The quantitative estimate of drug-likeness (QED) is 0.546. The van der Waals surface area contributed by atoms with Crippen LogP contribution in [-0.4, -0.2) is 19.0 Å². The van der Waals surface area contributed by atoms with Gasteiger partial charge in [-0.15, -0.1) is 11.6 Å². The number of rotatable bonds is 8. The molecule has 1 nitrogen and oxygen atoms in total. The Kier molecular flexibility index (Phi) is 6.73. The molecule has 0 aliphatic heterocycles. The van der Waals surface area contributed by atoms with Crippen molar-refractivity contribution >= 4 is 11.6 Å². The van der Waals surface area contributed by atoms with Gasteiger partial charge in [-0.1, -0.05) is 37.1 Å². The third-order valence-electron chi connectivity index (χ3n) is 4.12. The third kappa shape index (κ3) is 4.81. The summed E-state index contributed by atoms with van der Waals surface area (Å²) in [5.74, 6) is 1.54. The van der Waals surface area contributed by atoms with Crippen molar-refractivity contribution < 1.29 is 0 Å². The lowest BCUT2D eigenvalue weighted by Crippen LogP contribution is -2.25. The van der Waals surface area contributed by atoms with E-state index in [1.807, 2.05) is 0 Å². The van der Waals surface area contributed by atoms with Crippen LogP contribution in [0.15, 0.2) is 24.3 Å². The number of nitrogens with one attached hydrogen (secondary N) is 1. The van der Waals surface area contributed by atoms with E-state index in [0.717, 1.165) is 31.3 Å². The van der Waals surface area contributed by atoms with E-state index in [2.05, 4.69) is 29.6 Å². The monoisotopic (exact) mass is 279 g/mol. The number of fused-ring (bicyclic) bond motifs is 1. The van der Waals surface area contributed by atoms with Crippen LogP contribution in [-0.2, 0) is 6.42 Å². The molecule has 1 aliphatic rings. The van der Waals surface area contributed by atoms with Crippen LogP contribution in [0.2, 0.25) is 0 Å². The van der Waals surface area contributed by atoms with Crippen molar-refractivity contribution in [3.8, 4) is 0 Å². The maximum atomic E-state index is 5.68. The zero-order chi connectivity index (χ0) is 13.3. The number of unbranched alkanes of at least 4 members (excludes halogenated alkanes) is 3. The average molecular weight is 280 g/mol. The molecular formula is C17H26ClN. The van der Waals surface area contributed by atoms with E-state index in [9.17, 15) is 0 Å². The Morgan fingerprint density at radius 2 is 1.95 bits per heavy atom. The van der Waals surface area contributed by atoms with Crippen molar-refractivity contribution in [1.82, 2.24) is 5.32 Å². The molecule has 0 saturated heterocycles. The number of benzene rings is 1. The van der Waals surface area contributed by atoms with Gasteiger partial charge in [0.2, 0.25) is 0 Å². The first kappa shape index (κ1) is 14.9. The second-order valence-corrected chi connectivity index (χ2v) is 5.97. The first-order valence-corrected chi connectivity index (χ1v) is 8.29. The first-order chi connectivity index (χ1) is 9.42. The molecule has 0 heterocycles. The molecule has 1 N–H and O–H groups in total. The zero-order valence-corrected chi connectivity index (χ0v) is 12.6. The van der Waals surface area contributed by atoms with Crippen molar-refractivity contribution in [2.75, 3.05) is 19.0 Å². The highest BCUT2D eigenvalue weighted by molar-refractivity contribution is 6.17. The van der Waals surface area contributed by atoms with Gasteiger partial charge in [0.25, 0.3) is 0 Å². The molecule has 106 valence electrons. The summed E-state index contributed by atoms with van der Waals surface area (Å²) in [5.41, 5.74) is 3.16. The van der Waals surface area contributed by atoms with Gasteiger partial charge in [-0.05, 0) is 55.7 Å². The Bertz CT molecular complexity index is 364. The summed E-state index contributed by atoms with van der Waals surface area (Å²) < 4.78 is 0. The van der Waals surface area contributed by atoms with Crippen LogP contribution in [0.4, 0.5) is 0 Å². The van der Waals surface area contributed by atoms with Crippen LogP contribution in [0.3, 0.4) is 0 Å². The van der Waals surface area contributed by atoms with Crippen LogP contribution in [0.25, 0.3) is 0 Å². The predicted molar refractivity (Wildman–Crippen MR) is 84.2 cm³/mol. The molecule has 2 rings (SSSR count). The second-order valence-electron chi connectivity index (χ2n) is 5.60. The van der Waals surface area contributed by atoms with E-state index in [4.69, 9.17) is 11.6 Å². The molecule has 0 aromatic heterocycles. The predicted octanol–water partition coefficient (Wildman–Crippen LogP) is 4.50. The highest BCUT2D eigenvalue weighted by atomic mass is 35.5. The topological polar surface area (TPSA) is 12.0 Å². The number of hydrogen-bond acceptors (Lipinski definition) is 1. The van der Waals surface area contributed by atoms with Crippen molar-refractivity contribution in [2.24, 2.45) is 0 Å². The van der Waals surface area contributed by atoms with Gasteiger partial charge < -0.3 is 5.32 Å². The van der Waals surface area contributed by atoms with E-state index in [1.165, 1.54) is 38.5 Å². The van der Waals surface area contributed by atoms with E-state index < -0.39 is 0 Å². The summed E-state index contributed by atoms with van der Waals surface area (Å²) in [7, 11) is 0. The number of alkyl halides is 1. The summed E-state index contributed by atoms with van der Waals surface area (Å²) >= 11 is 5.68. The average Bonchev–Trinajstić information content (AvgIpc) is 2.46. The van der Waals surface area contributed by atoms with E-state index in [0.29, 0.717) is 0 Å². The van der Waals surface area contributed by atoms with E-state index in [-0.39, 0.29) is 0 Å². The molecule has 1 aromatic rings. The van der Waals surface area contributed by atoms with Crippen LogP contribution < -0.4 is 5.32 Å². The summed E-state index contributed by atoms with van der Waals surface area (Å²) in [4.78, 5) is 0. The van der Waals surface area contributed by atoms with E-state index in [1.54, 1.807) is 11.1 Å². The highest BCUT2D eigenvalue weighted by Crippen LogP contribution is 2.30. The Labute approximate surface area is 122 Å². The van der Waals surface area contributed by atoms with Crippen molar-refractivity contribution in [1.29, 1.82) is 0 Å². The van der Waals surface area contributed by atoms with Gasteiger partial charge >= 0.3 is 0 Å². The lowest BCUT2D eigenvalue weighted by Gasteiger charge is -2.25. The first-order valence-electron chi connectivity index (χ1n) is 7.76. The smallest absolute Gasteiger partial charge is 0.0223 e. The fourth-order valence-corrected chi connectivity index (χ4v) is 3.23. The van der Waals surface area contributed by atoms with Crippen LogP contribution in [0.1, 0.15) is 55.6 Å². The third-order valence-corrected chi connectivity index (χ3v) is 4.39. The van der Waals surface area contributed by atoms with Crippen molar-refractivity contribution in [2.45, 2.75) is 50.9 Å². The summed E-state index contributed by atoms with van der Waals surface area (Å²) in [5, 5.41) is 3.64. The molecule has 0 saturated carbocycles. The largest absolute Gasteiger partial charge is 0.316 e. The molecule has 1 aromatic carbocycles. The Hall–Kier alpha value is -0.530. The highest BCUT2D eigenvalue weighted by Gasteiger charge is 2.18. The van der Waals surface area contributed by atoms with E-state index >= 15 is 0 Å². The lowest BCUT2D eigenvalue weighted by atomic mass is 9.83. The summed E-state index contributed by atoms with van der Waals surface area (Å²) in [6, 6.07) is 8.98. The molecule has 0 spiro atoms. The standard InChI is InChI=1S/C17H26ClN/c18-12-5-1-2-6-13-19-14-16-10-7-9-15-8-3-4-11-17(15)16/h3-4,8,11,16,19H,1-2,5-7,9-10,12-14H2. The number of hydrogen-bond donors (Lipinski definition) is 1. The number of halogens is 1. The van der Waals surface area contributed by atoms with Crippen LogP contribution in [0.5, 0.6) is 0 Å². The summed E-state index contributed by atoms with van der Waals surface area (Å²) in [6.07, 6.45) is 8.99. The molecule has 0 amide bonds. The van der Waals surface area contributed by atoms with Crippen molar-refractivity contribution in [3.63, 3.8) is 0 Å². The molecule has 0 fully saturated rings. The molecule has 1 unspecified atom stereocenters. The maximum absolute atomic E-state index is 5.68. The molecule has 0 radical (unpaired) electrons. The minimum absolute atomic E-state index is 0.729. The molecule has 0 bridgehead atoms. The molecule has 19 heavy (non-hydrogen) atoms. The SMILES string of the molecule is ClCCCCCCNCC1CCCc2ccccc21. The maximum Gasteiger partial charge on any atom is 0.0223 e. The van der Waals surface area contributed by atoms with Crippen LogP contribution in [0, 0.1) is 0 Å². The minimum atomic E-state index is 0.729. The Morgan fingerprint density at radius 3 is 2.84 bits per heavy atom. The Morgan fingerprint density at radius 1 is 1.11 bits per heavy atom. The van der Waals surface area contributed by atoms with Gasteiger partial charge in [0.05, 0.1) is 0 Å². The lowest BCUT2D eigenvalue weighted by molar-refractivity contribution is 0.497. The molecule has 2 heteroatoms. The molecule has 1 aliphatic carbocycles. The summed E-state index contributed by atoms with van der Waals surface area (Å²) in [6.45, 7) is 2.30. The zero-order valence-electron chi connectivity index (χ0n) is 11.8. The fraction of sp³-hybridized carbons (Fsp3) is 0.647. The normalized spacial score (nSPS) is 18.3. The van der Waals surface area contributed by atoms with Gasteiger partial charge in [0.15, 0.2) is 0 Å². The van der Waals surface area contributed by atoms with Gasteiger partial charge in [-0.3, -0.25) is 0 Å². The van der Waals surface area contributed by atoms with Crippen molar-refractivity contribution in [3.05, 3.63) is 35.4 Å². The molecular weight excluding hydrogens is 254 g/mol. The fourth-order valence-electron chi connectivity index (χ4n) is 3.04. The van der Waals surface area contributed by atoms with Gasteiger partial charge in [0.1, 0.15) is 0 Å². The Balaban J connectivity index is 1.67. The second kappa shape index (κ2) is 8.60. The molecule has 1 atom stereocenters. The number of aryl methyl sites for hydroxylation is 1. The van der Waals surface area contributed by atoms with Crippen LogP contribution >= 0.6 is 11.6 Å². The van der Waals surface area contributed by atoms with Gasteiger partial charge in [0, 0.05) is 12.4 Å².